The van der Waals surface area contributed by atoms with Crippen molar-refractivity contribution in [1.29, 1.82) is 0 Å². The molecule has 1 aromatic heterocycles. The summed E-state index contributed by atoms with van der Waals surface area (Å²) in [5.41, 5.74) is 2.55. The molecule has 0 unspecified atom stereocenters. The molecule has 0 aliphatic carbocycles. The minimum absolute atomic E-state index is 0. The van der Waals surface area contributed by atoms with Gasteiger partial charge in [0.15, 0.2) is 0 Å². The van der Waals surface area contributed by atoms with Crippen molar-refractivity contribution in [2.24, 2.45) is 5.10 Å². The molecule has 1 aliphatic heterocycles. The van der Waals surface area contributed by atoms with E-state index < -0.39 is 0 Å². The third kappa shape index (κ3) is 2.23. The Morgan fingerprint density at radius 1 is 1.24 bits per heavy atom. The molecular formula is C16H13IrN3O-2. The molecule has 0 amide bonds. The van der Waals surface area contributed by atoms with Crippen LogP contribution in [0.4, 0.5) is 5.69 Å². The number of hydrogen-bond donors (Lipinski definition) is 0. The summed E-state index contributed by atoms with van der Waals surface area (Å²) in [7, 11) is 0. The number of nitrogens with zero attached hydrogens (tertiary/aromatic N) is 3. The predicted octanol–water partition coefficient (Wildman–Crippen LogP) is 3.59. The van der Waals surface area contributed by atoms with Crippen LogP contribution in [-0.4, -0.2) is 17.8 Å². The second-order valence-electron chi connectivity index (χ2n) is 4.69. The van der Waals surface area contributed by atoms with Gasteiger partial charge in [0.25, 0.3) is 0 Å². The SMILES string of the molecule is CCN1C=NN(c2[c-]ccc3c2oc2ccccc23)[CH-]1.[Ir]. The van der Waals surface area contributed by atoms with Gasteiger partial charge in [0.1, 0.15) is 5.58 Å². The van der Waals surface area contributed by atoms with Gasteiger partial charge in [-0.1, -0.05) is 23.6 Å². The summed E-state index contributed by atoms with van der Waals surface area (Å²) in [6.07, 6.45) is 1.80. The van der Waals surface area contributed by atoms with Crippen LogP contribution in [0.2, 0.25) is 0 Å². The molecule has 21 heavy (non-hydrogen) atoms. The smallest absolute Gasteiger partial charge is 0.116 e. The predicted molar refractivity (Wildman–Crippen MR) is 80.2 cm³/mol. The van der Waals surface area contributed by atoms with E-state index in [2.05, 4.69) is 24.2 Å². The van der Waals surface area contributed by atoms with E-state index in [1.165, 1.54) is 0 Å². The van der Waals surface area contributed by atoms with Crippen molar-refractivity contribution in [3.8, 4) is 0 Å². The van der Waals surface area contributed by atoms with Gasteiger partial charge in [-0.05, 0) is 25.2 Å². The number of furan rings is 1. The molecule has 0 bridgehead atoms. The molecule has 4 nitrogen and oxygen atoms in total. The fourth-order valence-corrected chi connectivity index (χ4v) is 2.45. The quantitative estimate of drug-likeness (QED) is 0.554. The Morgan fingerprint density at radius 3 is 2.90 bits per heavy atom. The summed E-state index contributed by atoms with van der Waals surface area (Å²) in [4.78, 5) is 2.01. The number of fused-ring (bicyclic) bond motifs is 3. The molecule has 5 heteroatoms. The van der Waals surface area contributed by atoms with Gasteiger partial charge >= 0.3 is 0 Å². The molecular weight excluding hydrogens is 442 g/mol. The molecule has 0 saturated carbocycles. The van der Waals surface area contributed by atoms with Gasteiger partial charge in [-0.25, -0.2) is 0 Å². The molecule has 0 N–H and O–H groups in total. The van der Waals surface area contributed by atoms with E-state index >= 15 is 0 Å². The maximum atomic E-state index is 5.98. The fraction of sp³-hybridized carbons (Fsp3) is 0.125. The molecule has 1 aliphatic rings. The van der Waals surface area contributed by atoms with E-state index in [0.717, 1.165) is 34.2 Å². The van der Waals surface area contributed by atoms with Gasteiger partial charge in [-0.15, -0.1) is 6.67 Å². The van der Waals surface area contributed by atoms with Crippen LogP contribution in [-0.2, 0) is 20.1 Å². The summed E-state index contributed by atoms with van der Waals surface area (Å²) in [5, 5.41) is 8.38. The third-order valence-corrected chi connectivity index (χ3v) is 3.50. The molecule has 2 heterocycles. The van der Waals surface area contributed by atoms with Crippen molar-refractivity contribution in [3.05, 3.63) is 49.1 Å². The summed E-state index contributed by atoms with van der Waals surface area (Å²) in [6.45, 7) is 4.91. The van der Waals surface area contributed by atoms with E-state index in [-0.39, 0.29) is 20.1 Å². The van der Waals surface area contributed by atoms with Crippen LogP contribution in [0.15, 0.2) is 45.9 Å². The minimum atomic E-state index is 0. The van der Waals surface area contributed by atoms with Crippen LogP contribution in [0.1, 0.15) is 6.92 Å². The van der Waals surface area contributed by atoms with E-state index in [4.69, 9.17) is 4.42 Å². The van der Waals surface area contributed by atoms with Gasteiger partial charge in [-0.2, -0.15) is 23.3 Å². The van der Waals surface area contributed by atoms with Crippen molar-refractivity contribution < 1.29 is 24.5 Å². The maximum Gasteiger partial charge on any atom is 0.116 e. The van der Waals surface area contributed by atoms with Crippen LogP contribution >= 0.6 is 0 Å². The van der Waals surface area contributed by atoms with Crippen LogP contribution in [0, 0.1) is 12.7 Å². The number of rotatable bonds is 2. The third-order valence-electron chi connectivity index (χ3n) is 3.50. The number of anilines is 1. The normalized spacial score (nSPS) is 14.1. The first-order chi connectivity index (χ1) is 9.86. The average molecular weight is 456 g/mol. The van der Waals surface area contributed by atoms with Gasteiger partial charge in [0.05, 0.1) is 6.34 Å². The number of hydrogen-bond acceptors (Lipinski definition) is 4. The molecule has 0 fully saturated rings. The van der Waals surface area contributed by atoms with Crippen LogP contribution in [0.3, 0.4) is 0 Å². The molecule has 1 radical (unpaired) electrons. The van der Waals surface area contributed by atoms with Gasteiger partial charge < -0.3 is 14.3 Å². The Hall–Kier alpha value is -1.84. The minimum Gasteiger partial charge on any atom is -0.514 e. The maximum absolute atomic E-state index is 5.98. The summed E-state index contributed by atoms with van der Waals surface area (Å²) >= 11 is 0. The van der Waals surface area contributed by atoms with E-state index in [0.29, 0.717) is 0 Å². The summed E-state index contributed by atoms with van der Waals surface area (Å²) in [5.74, 6) is 0. The second kappa shape index (κ2) is 5.51. The second-order valence-corrected chi connectivity index (χ2v) is 4.69. The Morgan fingerprint density at radius 2 is 2.10 bits per heavy atom. The fourth-order valence-electron chi connectivity index (χ4n) is 2.45. The molecule has 0 spiro atoms. The monoisotopic (exact) mass is 456 g/mol. The van der Waals surface area contributed by atoms with Crippen molar-refractivity contribution in [2.75, 3.05) is 11.6 Å². The first-order valence-corrected chi connectivity index (χ1v) is 6.63. The largest absolute Gasteiger partial charge is 0.514 e. The average Bonchev–Trinajstić information content (AvgIpc) is 3.11. The number of benzene rings is 2. The Kier molecular flexibility index (Phi) is 3.70. The molecule has 109 valence electrons. The number of para-hydroxylation sites is 1. The van der Waals surface area contributed by atoms with E-state index in [9.17, 15) is 0 Å². The Labute approximate surface area is 136 Å². The van der Waals surface area contributed by atoms with Gasteiger partial charge in [-0.3, -0.25) is 0 Å². The first kappa shape index (κ1) is 14.1. The van der Waals surface area contributed by atoms with E-state index in [1.54, 1.807) is 11.3 Å². The summed E-state index contributed by atoms with van der Waals surface area (Å²) < 4.78 is 5.98. The molecule has 3 aromatic rings. The van der Waals surface area contributed by atoms with Gasteiger partial charge in [0, 0.05) is 31.1 Å². The standard InChI is InChI=1S/C16H13N3O.Ir/c1-2-18-10-17-19(11-18)14-8-5-7-13-12-6-3-4-9-15(12)20-16(13)14;/h3-7,9-11H,2H2,1H3;/q-2;. The zero-order valence-corrected chi connectivity index (χ0v) is 13.8. The molecule has 4 rings (SSSR count). The van der Waals surface area contributed by atoms with Crippen LogP contribution in [0.5, 0.6) is 0 Å². The number of hydrazone groups is 1. The topological polar surface area (TPSA) is 32.0 Å². The van der Waals surface area contributed by atoms with Crippen molar-refractivity contribution in [2.45, 2.75) is 6.92 Å². The van der Waals surface area contributed by atoms with Crippen LogP contribution < -0.4 is 5.01 Å². The van der Waals surface area contributed by atoms with E-state index in [1.807, 2.05) is 41.9 Å². The van der Waals surface area contributed by atoms with Gasteiger partial charge in [0.2, 0.25) is 0 Å². The molecule has 2 aromatic carbocycles. The molecule has 0 saturated heterocycles. The summed E-state index contributed by atoms with van der Waals surface area (Å²) in [6, 6.07) is 15.2. The Balaban J connectivity index is 0.00000132. The zero-order chi connectivity index (χ0) is 13.5. The van der Waals surface area contributed by atoms with Crippen molar-refractivity contribution in [1.82, 2.24) is 4.90 Å². The van der Waals surface area contributed by atoms with Crippen LogP contribution in [0.25, 0.3) is 21.9 Å². The zero-order valence-electron chi connectivity index (χ0n) is 11.4. The first-order valence-electron chi connectivity index (χ1n) is 6.63. The Bertz CT molecular complexity index is 811. The van der Waals surface area contributed by atoms with Crippen molar-refractivity contribution in [3.63, 3.8) is 0 Å². The van der Waals surface area contributed by atoms with Crippen molar-refractivity contribution >= 4 is 34.0 Å². The molecule has 0 atom stereocenters.